The highest BCUT2D eigenvalue weighted by Crippen LogP contribution is 2.17. The first-order chi connectivity index (χ1) is 9.69. The summed E-state index contributed by atoms with van der Waals surface area (Å²) in [4.78, 5) is 4.34. The number of nitrogens with zero attached hydrogens (tertiary/aromatic N) is 1. The number of benzene rings is 1. The standard InChI is InChI=1S/C15H21F2N3.HI/c1-2-18-15(20-13-5-3-4-6-13)19-10-11-9-12(16)7-8-14(11)17;/h7-9,13H,2-6,10H2,1H3,(H2,18,19,20);1H. The van der Waals surface area contributed by atoms with Gasteiger partial charge in [-0.15, -0.1) is 24.0 Å². The van der Waals surface area contributed by atoms with E-state index in [9.17, 15) is 8.78 Å². The van der Waals surface area contributed by atoms with E-state index in [-0.39, 0.29) is 36.1 Å². The van der Waals surface area contributed by atoms with Crippen LogP contribution in [0.2, 0.25) is 0 Å². The van der Waals surface area contributed by atoms with Gasteiger partial charge in [-0.1, -0.05) is 12.8 Å². The van der Waals surface area contributed by atoms with Crippen LogP contribution in [0.3, 0.4) is 0 Å². The van der Waals surface area contributed by atoms with Crippen molar-refractivity contribution in [2.45, 2.75) is 45.2 Å². The van der Waals surface area contributed by atoms with Gasteiger partial charge in [-0.2, -0.15) is 0 Å². The van der Waals surface area contributed by atoms with E-state index in [0.717, 1.165) is 31.5 Å². The average molecular weight is 409 g/mol. The Hall–Kier alpha value is -0.920. The monoisotopic (exact) mass is 409 g/mol. The average Bonchev–Trinajstić information content (AvgIpc) is 2.93. The Balaban J connectivity index is 0.00000220. The number of hydrogen-bond donors (Lipinski definition) is 2. The van der Waals surface area contributed by atoms with Gasteiger partial charge in [0.15, 0.2) is 5.96 Å². The minimum atomic E-state index is -0.439. The van der Waals surface area contributed by atoms with Crippen LogP contribution in [-0.4, -0.2) is 18.5 Å². The highest BCUT2D eigenvalue weighted by Gasteiger charge is 2.15. The first kappa shape index (κ1) is 18.1. The molecule has 1 aliphatic carbocycles. The zero-order valence-electron chi connectivity index (χ0n) is 12.2. The summed E-state index contributed by atoms with van der Waals surface area (Å²) >= 11 is 0. The number of hydrogen-bond acceptors (Lipinski definition) is 1. The maximum absolute atomic E-state index is 13.5. The van der Waals surface area contributed by atoms with Gasteiger partial charge >= 0.3 is 0 Å². The van der Waals surface area contributed by atoms with Crippen LogP contribution in [0.15, 0.2) is 23.2 Å². The highest BCUT2D eigenvalue weighted by molar-refractivity contribution is 14.0. The second kappa shape index (κ2) is 9.17. The Bertz CT molecular complexity index is 474. The minimum absolute atomic E-state index is 0. The fourth-order valence-electron chi connectivity index (χ4n) is 2.41. The first-order valence-corrected chi connectivity index (χ1v) is 7.18. The molecule has 0 unspecified atom stereocenters. The van der Waals surface area contributed by atoms with E-state index in [1.54, 1.807) is 0 Å². The third-order valence-corrected chi connectivity index (χ3v) is 3.46. The number of aliphatic imine (C=N–C) groups is 1. The van der Waals surface area contributed by atoms with Crippen molar-refractivity contribution < 1.29 is 8.78 Å². The Kier molecular flexibility index (Phi) is 7.92. The lowest BCUT2D eigenvalue weighted by molar-refractivity contribution is 0.583. The summed E-state index contributed by atoms with van der Waals surface area (Å²) in [5.41, 5.74) is 0.272. The molecular formula is C15H22F2IN3. The second-order valence-electron chi connectivity index (χ2n) is 5.06. The summed E-state index contributed by atoms with van der Waals surface area (Å²) < 4.78 is 26.6. The summed E-state index contributed by atoms with van der Waals surface area (Å²) in [6.07, 6.45) is 4.74. The van der Waals surface area contributed by atoms with Crippen LogP contribution in [0.1, 0.15) is 38.2 Å². The van der Waals surface area contributed by atoms with E-state index in [1.807, 2.05) is 6.92 Å². The minimum Gasteiger partial charge on any atom is -0.357 e. The first-order valence-electron chi connectivity index (χ1n) is 7.18. The maximum atomic E-state index is 13.5. The summed E-state index contributed by atoms with van der Waals surface area (Å²) in [6.45, 7) is 2.85. The van der Waals surface area contributed by atoms with Crippen molar-refractivity contribution in [2.75, 3.05) is 6.54 Å². The predicted molar refractivity (Wildman–Crippen MR) is 92.0 cm³/mol. The van der Waals surface area contributed by atoms with Crippen LogP contribution in [0.4, 0.5) is 8.78 Å². The Labute approximate surface area is 141 Å². The van der Waals surface area contributed by atoms with Crippen LogP contribution in [0.5, 0.6) is 0 Å². The van der Waals surface area contributed by atoms with Gasteiger partial charge in [0, 0.05) is 18.2 Å². The van der Waals surface area contributed by atoms with Crippen LogP contribution < -0.4 is 10.6 Å². The van der Waals surface area contributed by atoms with Crippen LogP contribution in [0, 0.1) is 11.6 Å². The van der Waals surface area contributed by atoms with E-state index < -0.39 is 11.6 Å². The summed E-state index contributed by atoms with van der Waals surface area (Å²) in [7, 11) is 0. The SMILES string of the molecule is CCNC(=NCc1cc(F)ccc1F)NC1CCCC1.I. The topological polar surface area (TPSA) is 36.4 Å². The molecule has 0 heterocycles. The molecule has 1 saturated carbocycles. The fourth-order valence-corrected chi connectivity index (χ4v) is 2.41. The quantitative estimate of drug-likeness (QED) is 0.453. The van der Waals surface area contributed by atoms with Crippen molar-refractivity contribution in [3.05, 3.63) is 35.4 Å². The van der Waals surface area contributed by atoms with Gasteiger partial charge < -0.3 is 10.6 Å². The zero-order valence-corrected chi connectivity index (χ0v) is 14.5. The second-order valence-corrected chi connectivity index (χ2v) is 5.06. The van der Waals surface area contributed by atoms with E-state index in [0.29, 0.717) is 12.0 Å². The molecule has 2 rings (SSSR count). The molecular weight excluding hydrogens is 387 g/mol. The van der Waals surface area contributed by atoms with Gasteiger partial charge in [0.2, 0.25) is 0 Å². The van der Waals surface area contributed by atoms with Crippen molar-refractivity contribution in [3.8, 4) is 0 Å². The molecule has 118 valence electrons. The van der Waals surface area contributed by atoms with Crippen molar-refractivity contribution in [1.29, 1.82) is 0 Å². The smallest absolute Gasteiger partial charge is 0.191 e. The zero-order chi connectivity index (χ0) is 14.4. The lowest BCUT2D eigenvalue weighted by atomic mass is 10.2. The number of rotatable bonds is 4. The van der Waals surface area contributed by atoms with E-state index in [4.69, 9.17) is 0 Å². The molecule has 0 amide bonds. The Morgan fingerprint density at radius 3 is 2.67 bits per heavy atom. The van der Waals surface area contributed by atoms with Gasteiger partial charge in [-0.05, 0) is 38.0 Å². The van der Waals surface area contributed by atoms with Gasteiger partial charge in [0.05, 0.1) is 6.54 Å². The molecule has 1 aliphatic rings. The molecule has 0 saturated heterocycles. The van der Waals surface area contributed by atoms with E-state index in [2.05, 4.69) is 15.6 Å². The summed E-state index contributed by atoms with van der Waals surface area (Å²) in [5.74, 6) is -0.194. The van der Waals surface area contributed by atoms with Crippen molar-refractivity contribution in [3.63, 3.8) is 0 Å². The van der Waals surface area contributed by atoms with Crippen LogP contribution in [-0.2, 0) is 6.54 Å². The highest BCUT2D eigenvalue weighted by atomic mass is 127. The van der Waals surface area contributed by atoms with Gasteiger partial charge in [0.1, 0.15) is 11.6 Å². The normalized spacial score (nSPS) is 15.7. The number of nitrogens with one attached hydrogen (secondary N) is 2. The molecule has 0 aromatic heterocycles. The van der Waals surface area contributed by atoms with Crippen molar-refractivity contribution in [1.82, 2.24) is 10.6 Å². The lowest BCUT2D eigenvalue weighted by Gasteiger charge is -2.16. The lowest BCUT2D eigenvalue weighted by Crippen LogP contribution is -2.42. The molecule has 1 aromatic rings. The molecule has 1 fully saturated rings. The van der Waals surface area contributed by atoms with Crippen molar-refractivity contribution >= 4 is 29.9 Å². The van der Waals surface area contributed by atoms with Crippen LogP contribution >= 0.6 is 24.0 Å². The summed E-state index contributed by atoms with van der Waals surface area (Å²) in [6, 6.07) is 3.88. The maximum Gasteiger partial charge on any atom is 0.191 e. The molecule has 0 atom stereocenters. The largest absolute Gasteiger partial charge is 0.357 e. The molecule has 0 spiro atoms. The third-order valence-electron chi connectivity index (χ3n) is 3.46. The molecule has 21 heavy (non-hydrogen) atoms. The molecule has 0 bridgehead atoms. The molecule has 0 aliphatic heterocycles. The predicted octanol–water partition coefficient (Wildman–Crippen LogP) is 3.58. The van der Waals surface area contributed by atoms with E-state index in [1.165, 1.54) is 18.9 Å². The van der Waals surface area contributed by atoms with Crippen molar-refractivity contribution in [2.24, 2.45) is 4.99 Å². The van der Waals surface area contributed by atoms with Gasteiger partial charge in [-0.25, -0.2) is 13.8 Å². The van der Waals surface area contributed by atoms with Crippen LogP contribution in [0.25, 0.3) is 0 Å². The van der Waals surface area contributed by atoms with E-state index >= 15 is 0 Å². The number of halogens is 3. The number of guanidine groups is 1. The molecule has 1 aromatic carbocycles. The third kappa shape index (κ3) is 5.76. The molecule has 6 heteroatoms. The Morgan fingerprint density at radius 2 is 2.00 bits per heavy atom. The van der Waals surface area contributed by atoms with Gasteiger partial charge in [-0.3, -0.25) is 0 Å². The Morgan fingerprint density at radius 1 is 1.29 bits per heavy atom. The summed E-state index contributed by atoms with van der Waals surface area (Å²) in [5, 5.41) is 6.48. The molecule has 2 N–H and O–H groups in total. The van der Waals surface area contributed by atoms with Gasteiger partial charge in [0.25, 0.3) is 0 Å². The molecule has 3 nitrogen and oxygen atoms in total. The molecule has 0 radical (unpaired) electrons. The fraction of sp³-hybridized carbons (Fsp3) is 0.533.